The second-order valence-corrected chi connectivity index (χ2v) is 7.15. The highest BCUT2D eigenvalue weighted by Gasteiger charge is 2.43. The van der Waals surface area contributed by atoms with Gasteiger partial charge in [0, 0.05) is 0 Å². The van der Waals surface area contributed by atoms with Crippen LogP contribution in [0.5, 0.6) is 0 Å². The summed E-state index contributed by atoms with van der Waals surface area (Å²) < 4.78 is 0. The average molecular weight is 251 g/mol. The van der Waals surface area contributed by atoms with Crippen molar-refractivity contribution in [3.63, 3.8) is 0 Å². The van der Waals surface area contributed by atoms with Gasteiger partial charge in [0.15, 0.2) is 0 Å². The van der Waals surface area contributed by atoms with Crippen LogP contribution in [0, 0.1) is 29.6 Å². The summed E-state index contributed by atoms with van der Waals surface area (Å²) in [6, 6.07) is 0. The summed E-state index contributed by atoms with van der Waals surface area (Å²) in [5.74, 6) is 5.11. The van der Waals surface area contributed by atoms with E-state index in [1.807, 2.05) is 0 Å². The summed E-state index contributed by atoms with van der Waals surface area (Å²) in [6.45, 7) is 9.58. The summed E-state index contributed by atoms with van der Waals surface area (Å²) in [4.78, 5) is 0. The highest BCUT2D eigenvalue weighted by atomic mass is 14.9. The smallest absolute Gasteiger partial charge is 0.00178 e. The van der Waals surface area contributed by atoms with E-state index in [-0.39, 0.29) is 0 Å². The molecule has 18 heavy (non-hydrogen) atoms. The van der Waals surface area contributed by atoms with Crippen molar-refractivity contribution >= 4 is 0 Å². The van der Waals surface area contributed by atoms with Crippen molar-refractivity contribution in [2.75, 3.05) is 13.1 Å². The van der Waals surface area contributed by atoms with E-state index < -0.39 is 0 Å². The van der Waals surface area contributed by atoms with Crippen molar-refractivity contribution in [2.45, 2.75) is 65.7 Å². The summed E-state index contributed by atoms with van der Waals surface area (Å²) in [6.07, 6.45) is 10.2. The minimum atomic E-state index is 0.864. The normalized spacial score (nSPS) is 35.3. The molecule has 1 heteroatoms. The van der Waals surface area contributed by atoms with E-state index in [9.17, 15) is 0 Å². The zero-order valence-corrected chi connectivity index (χ0v) is 12.8. The molecule has 4 unspecified atom stereocenters. The van der Waals surface area contributed by atoms with Crippen LogP contribution in [0.15, 0.2) is 0 Å². The molecule has 1 nitrogen and oxygen atoms in total. The summed E-state index contributed by atoms with van der Waals surface area (Å²) >= 11 is 0. The molecule has 2 fully saturated rings. The van der Waals surface area contributed by atoms with Crippen molar-refractivity contribution in [1.29, 1.82) is 0 Å². The lowest BCUT2D eigenvalue weighted by Crippen LogP contribution is -2.27. The Balaban J connectivity index is 1.63. The highest BCUT2D eigenvalue weighted by Crippen LogP contribution is 2.51. The van der Waals surface area contributed by atoms with Crippen LogP contribution in [0.2, 0.25) is 0 Å². The van der Waals surface area contributed by atoms with E-state index in [4.69, 9.17) is 0 Å². The molecular formula is C17H33N. The first kappa shape index (κ1) is 14.4. The van der Waals surface area contributed by atoms with Gasteiger partial charge >= 0.3 is 0 Å². The molecule has 0 aromatic rings. The lowest BCUT2D eigenvalue weighted by molar-refractivity contribution is 0.302. The van der Waals surface area contributed by atoms with Crippen LogP contribution in [0.4, 0.5) is 0 Å². The van der Waals surface area contributed by atoms with Gasteiger partial charge in [-0.2, -0.15) is 0 Å². The SMILES string of the molecule is CCC1CCC2C(CNCCCC(C)C)CCC12. The molecule has 2 rings (SSSR count). The molecule has 2 aliphatic rings. The molecule has 2 saturated carbocycles. The number of nitrogens with one attached hydrogen (secondary N) is 1. The Labute approximate surface area is 114 Å². The molecule has 4 atom stereocenters. The van der Waals surface area contributed by atoms with Crippen LogP contribution in [0.1, 0.15) is 65.7 Å². The summed E-state index contributed by atoms with van der Waals surface area (Å²) in [5.41, 5.74) is 0. The third kappa shape index (κ3) is 3.50. The van der Waals surface area contributed by atoms with Crippen molar-refractivity contribution < 1.29 is 0 Å². The van der Waals surface area contributed by atoms with E-state index in [1.54, 1.807) is 0 Å². The Morgan fingerprint density at radius 2 is 1.67 bits per heavy atom. The highest BCUT2D eigenvalue weighted by molar-refractivity contribution is 4.94. The van der Waals surface area contributed by atoms with Gasteiger partial charge in [0.25, 0.3) is 0 Å². The van der Waals surface area contributed by atoms with Crippen LogP contribution < -0.4 is 5.32 Å². The van der Waals surface area contributed by atoms with Gasteiger partial charge in [-0.05, 0) is 81.2 Å². The monoisotopic (exact) mass is 251 g/mol. The van der Waals surface area contributed by atoms with Gasteiger partial charge in [-0.25, -0.2) is 0 Å². The number of rotatable bonds is 7. The quantitative estimate of drug-likeness (QED) is 0.658. The Hall–Kier alpha value is -0.0400. The van der Waals surface area contributed by atoms with Gasteiger partial charge in [0.1, 0.15) is 0 Å². The van der Waals surface area contributed by atoms with Gasteiger partial charge in [-0.1, -0.05) is 27.2 Å². The zero-order chi connectivity index (χ0) is 13.0. The first-order valence-electron chi connectivity index (χ1n) is 8.43. The Bertz CT molecular complexity index is 236. The molecule has 0 spiro atoms. The Morgan fingerprint density at radius 1 is 1.00 bits per heavy atom. The van der Waals surface area contributed by atoms with E-state index in [1.165, 1.54) is 58.0 Å². The predicted octanol–water partition coefficient (Wildman–Crippen LogP) is 4.47. The number of hydrogen-bond donors (Lipinski definition) is 1. The van der Waals surface area contributed by atoms with Crippen LogP contribution in [0.25, 0.3) is 0 Å². The molecular weight excluding hydrogens is 218 g/mol. The van der Waals surface area contributed by atoms with Crippen LogP contribution >= 0.6 is 0 Å². The van der Waals surface area contributed by atoms with Crippen molar-refractivity contribution in [3.8, 4) is 0 Å². The first-order chi connectivity index (χ1) is 8.72. The third-order valence-corrected chi connectivity index (χ3v) is 5.57. The standard InChI is InChI=1S/C17H33N/c1-4-14-7-9-17-15(8-10-16(14)17)12-18-11-5-6-13(2)3/h13-18H,4-12H2,1-3H3. The van der Waals surface area contributed by atoms with Crippen LogP contribution in [-0.4, -0.2) is 13.1 Å². The van der Waals surface area contributed by atoms with Gasteiger partial charge in [-0.15, -0.1) is 0 Å². The zero-order valence-electron chi connectivity index (χ0n) is 12.8. The molecule has 0 bridgehead atoms. The van der Waals surface area contributed by atoms with E-state index in [0.717, 1.165) is 29.6 Å². The first-order valence-corrected chi connectivity index (χ1v) is 8.43. The second-order valence-electron chi connectivity index (χ2n) is 7.15. The van der Waals surface area contributed by atoms with E-state index in [2.05, 4.69) is 26.1 Å². The second kappa shape index (κ2) is 6.93. The molecule has 0 aromatic heterocycles. The number of hydrogen-bond acceptors (Lipinski definition) is 1. The fourth-order valence-electron chi connectivity index (χ4n) is 4.52. The third-order valence-electron chi connectivity index (χ3n) is 5.57. The molecule has 0 aliphatic heterocycles. The minimum Gasteiger partial charge on any atom is -0.316 e. The molecule has 2 aliphatic carbocycles. The number of fused-ring (bicyclic) bond motifs is 1. The van der Waals surface area contributed by atoms with Gasteiger partial charge in [0.2, 0.25) is 0 Å². The van der Waals surface area contributed by atoms with Crippen molar-refractivity contribution in [2.24, 2.45) is 29.6 Å². The summed E-state index contributed by atoms with van der Waals surface area (Å²) in [7, 11) is 0. The van der Waals surface area contributed by atoms with Crippen LogP contribution in [0.3, 0.4) is 0 Å². The van der Waals surface area contributed by atoms with Gasteiger partial charge in [-0.3, -0.25) is 0 Å². The van der Waals surface area contributed by atoms with E-state index in [0.29, 0.717) is 0 Å². The van der Waals surface area contributed by atoms with Crippen LogP contribution in [-0.2, 0) is 0 Å². The molecule has 1 N–H and O–H groups in total. The van der Waals surface area contributed by atoms with Crippen molar-refractivity contribution in [3.05, 3.63) is 0 Å². The molecule has 0 radical (unpaired) electrons. The molecule has 0 aromatic carbocycles. The van der Waals surface area contributed by atoms with Crippen molar-refractivity contribution in [1.82, 2.24) is 5.32 Å². The lowest BCUT2D eigenvalue weighted by atomic mass is 9.88. The van der Waals surface area contributed by atoms with Gasteiger partial charge < -0.3 is 5.32 Å². The molecule has 0 saturated heterocycles. The lowest BCUT2D eigenvalue weighted by Gasteiger charge is -2.20. The topological polar surface area (TPSA) is 12.0 Å². The maximum absolute atomic E-state index is 3.73. The van der Waals surface area contributed by atoms with Gasteiger partial charge in [0.05, 0.1) is 0 Å². The fourth-order valence-corrected chi connectivity index (χ4v) is 4.52. The molecule has 0 amide bonds. The molecule has 0 heterocycles. The maximum atomic E-state index is 3.73. The molecule has 106 valence electrons. The Kier molecular flexibility index (Phi) is 5.54. The Morgan fingerprint density at radius 3 is 2.33 bits per heavy atom. The average Bonchev–Trinajstić information content (AvgIpc) is 2.90. The minimum absolute atomic E-state index is 0.864. The fraction of sp³-hybridized carbons (Fsp3) is 1.00. The predicted molar refractivity (Wildman–Crippen MR) is 79.7 cm³/mol. The largest absolute Gasteiger partial charge is 0.316 e. The summed E-state index contributed by atoms with van der Waals surface area (Å²) in [5, 5.41) is 3.73. The maximum Gasteiger partial charge on any atom is -0.00178 e. The van der Waals surface area contributed by atoms with E-state index >= 15 is 0 Å².